The molecule has 0 aromatic heterocycles. The molecule has 0 unspecified atom stereocenters. The van der Waals surface area contributed by atoms with E-state index in [9.17, 15) is 4.79 Å². The van der Waals surface area contributed by atoms with E-state index in [0.717, 1.165) is 12.2 Å². The van der Waals surface area contributed by atoms with Gasteiger partial charge in [-0.05, 0) is 37.0 Å². The predicted octanol–water partition coefficient (Wildman–Crippen LogP) is 6.77. The van der Waals surface area contributed by atoms with Crippen LogP contribution in [0.1, 0.15) is 95.6 Å². The van der Waals surface area contributed by atoms with Gasteiger partial charge in [0.1, 0.15) is 5.75 Å². The number of ether oxygens (including phenoxy) is 1. The van der Waals surface area contributed by atoms with Crippen LogP contribution in [0.5, 0.6) is 5.75 Å². The summed E-state index contributed by atoms with van der Waals surface area (Å²) in [6.07, 6.45) is 14.9. The Balaban J connectivity index is 2.24. The van der Waals surface area contributed by atoms with E-state index >= 15 is 0 Å². The average Bonchev–Trinajstić information content (AvgIpc) is 2.58. The first-order valence-corrected chi connectivity index (χ1v) is 9.98. The highest BCUT2D eigenvalue weighted by Gasteiger charge is 2.09. The van der Waals surface area contributed by atoms with E-state index in [4.69, 9.17) is 4.74 Å². The molecule has 24 heavy (non-hydrogen) atoms. The van der Waals surface area contributed by atoms with Gasteiger partial charge in [0.2, 0.25) is 0 Å². The van der Waals surface area contributed by atoms with Crippen molar-refractivity contribution in [3.05, 3.63) is 29.3 Å². The molecule has 0 heterocycles. The highest BCUT2D eigenvalue weighted by atomic mass is 16.5. The van der Waals surface area contributed by atoms with Crippen molar-refractivity contribution in [3.63, 3.8) is 0 Å². The van der Waals surface area contributed by atoms with Crippen LogP contribution in [0.2, 0.25) is 0 Å². The van der Waals surface area contributed by atoms with Crippen LogP contribution in [0.3, 0.4) is 0 Å². The Kier molecular flexibility index (Phi) is 11.3. The molecule has 0 spiro atoms. The molecule has 2 nitrogen and oxygen atoms in total. The summed E-state index contributed by atoms with van der Waals surface area (Å²) in [5.74, 6) is 0.614. The number of benzene rings is 1. The lowest BCUT2D eigenvalue weighted by Gasteiger charge is -2.12. The Hall–Kier alpha value is -1.31. The van der Waals surface area contributed by atoms with Crippen LogP contribution < -0.4 is 4.74 Å². The molecule has 0 saturated carbocycles. The molecule has 0 radical (unpaired) electrons. The van der Waals surface area contributed by atoms with Crippen LogP contribution in [0, 0.1) is 6.92 Å². The molecule has 136 valence electrons. The number of hydrogen-bond donors (Lipinski definition) is 0. The number of carbonyl (C=O) groups excluding carboxylic acids is 1. The fourth-order valence-electron chi connectivity index (χ4n) is 3.08. The molecule has 2 heteroatoms. The number of esters is 1. The first-order valence-electron chi connectivity index (χ1n) is 9.98. The maximum absolute atomic E-state index is 11.6. The van der Waals surface area contributed by atoms with E-state index in [1.807, 2.05) is 19.1 Å². The summed E-state index contributed by atoms with van der Waals surface area (Å²) in [5, 5.41) is 0. The third kappa shape index (κ3) is 8.52. The molecule has 1 rings (SSSR count). The summed E-state index contributed by atoms with van der Waals surface area (Å²) < 4.78 is 5.48. The van der Waals surface area contributed by atoms with Crippen molar-refractivity contribution in [3.8, 4) is 5.75 Å². The van der Waals surface area contributed by atoms with Crippen molar-refractivity contribution >= 4 is 5.97 Å². The standard InChI is InChI=1S/C22H36O2/c1-4-6-7-8-9-10-11-12-13-14-17-20-19(3)16-15-18-21(20)24-22(23)5-2/h15-16,18H,4-14,17H2,1-3H3. The van der Waals surface area contributed by atoms with Crippen LogP contribution in [0.15, 0.2) is 18.2 Å². The third-order valence-electron chi connectivity index (χ3n) is 4.66. The fourth-order valence-corrected chi connectivity index (χ4v) is 3.08. The molecule has 0 aliphatic rings. The highest BCUT2D eigenvalue weighted by Crippen LogP contribution is 2.25. The Morgan fingerprint density at radius 2 is 1.46 bits per heavy atom. The maximum atomic E-state index is 11.6. The first kappa shape index (κ1) is 20.7. The molecule has 1 aromatic rings. The van der Waals surface area contributed by atoms with Crippen molar-refractivity contribution in [2.45, 2.75) is 97.8 Å². The SMILES string of the molecule is CCCCCCCCCCCCc1c(C)cccc1OC(=O)CC. The maximum Gasteiger partial charge on any atom is 0.310 e. The van der Waals surface area contributed by atoms with E-state index < -0.39 is 0 Å². The second-order valence-corrected chi connectivity index (χ2v) is 6.81. The van der Waals surface area contributed by atoms with Crippen LogP contribution in [-0.2, 0) is 11.2 Å². The zero-order valence-electron chi connectivity index (χ0n) is 16.0. The topological polar surface area (TPSA) is 26.3 Å². The lowest BCUT2D eigenvalue weighted by molar-refractivity contribution is -0.134. The summed E-state index contributed by atoms with van der Waals surface area (Å²) in [6.45, 7) is 6.21. The van der Waals surface area contributed by atoms with E-state index in [0.29, 0.717) is 6.42 Å². The molecule has 0 amide bonds. The molecule has 0 fully saturated rings. The smallest absolute Gasteiger partial charge is 0.310 e. The van der Waals surface area contributed by atoms with Crippen LogP contribution in [0.4, 0.5) is 0 Å². The lowest BCUT2D eigenvalue weighted by Crippen LogP contribution is -2.08. The van der Waals surface area contributed by atoms with Crippen LogP contribution in [0.25, 0.3) is 0 Å². The van der Waals surface area contributed by atoms with Crippen molar-refractivity contribution < 1.29 is 9.53 Å². The molecule has 0 aliphatic carbocycles. The van der Waals surface area contributed by atoms with Crippen LogP contribution in [-0.4, -0.2) is 5.97 Å². The molecule has 0 N–H and O–H groups in total. The van der Waals surface area contributed by atoms with Gasteiger partial charge in [0, 0.05) is 6.42 Å². The fraction of sp³-hybridized carbons (Fsp3) is 0.682. The molecule has 0 aliphatic heterocycles. The average molecular weight is 333 g/mol. The normalized spacial score (nSPS) is 10.8. The van der Waals surface area contributed by atoms with E-state index in [2.05, 4.69) is 19.9 Å². The number of hydrogen-bond acceptors (Lipinski definition) is 2. The Morgan fingerprint density at radius 3 is 2.04 bits per heavy atom. The van der Waals surface area contributed by atoms with E-state index in [-0.39, 0.29) is 5.97 Å². The minimum absolute atomic E-state index is 0.148. The van der Waals surface area contributed by atoms with Gasteiger partial charge in [-0.1, -0.05) is 83.8 Å². The molecule has 0 saturated heterocycles. The first-order chi connectivity index (χ1) is 11.7. The van der Waals surface area contributed by atoms with Crippen molar-refractivity contribution in [2.75, 3.05) is 0 Å². The Morgan fingerprint density at radius 1 is 0.875 bits per heavy atom. The quantitative estimate of drug-likeness (QED) is 0.226. The highest BCUT2D eigenvalue weighted by molar-refractivity contribution is 5.72. The zero-order chi connectivity index (χ0) is 17.6. The van der Waals surface area contributed by atoms with Crippen molar-refractivity contribution in [2.24, 2.45) is 0 Å². The molecular formula is C22H36O2. The summed E-state index contributed by atoms with van der Waals surface area (Å²) in [5.41, 5.74) is 2.44. The summed E-state index contributed by atoms with van der Waals surface area (Å²) in [6, 6.07) is 6.00. The van der Waals surface area contributed by atoms with Gasteiger partial charge in [-0.15, -0.1) is 0 Å². The van der Waals surface area contributed by atoms with Gasteiger partial charge in [0.15, 0.2) is 0 Å². The van der Waals surface area contributed by atoms with E-state index in [1.165, 1.54) is 75.3 Å². The van der Waals surface area contributed by atoms with Gasteiger partial charge in [-0.25, -0.2) is 0 Å². The molecule has 0 atom stereocenters. The minimum Gasteiger partial charge on any atom is -0.426 e. The number of unbranched alkanes of at least 4 members (excludes halogenated alkanes) is 9. The van der Waals surface area contributed by atoms with Gasteiger partial charge in [0.25, 0.3) is 0 Å². The molecule has 1 aromatic carbocycles. The Labute approximate surface area is 149 Å². The van der Waals surface area contributed by atoms with Crippen molar-refractivity contribution in [1.29, 1.82) is 0 Å². The van der Waals surface area contributed by atoms with Gasteiger partial charge in [0.05, 0.1) is 0 Å². The second kappa shape index (κ2) is 13.0. The number of aryl methyl sites for hydroxylation is 1. The van der Waals surface area contributed by atoms with Gasteiger partial charge < -0.3 is 4.74 Å². The van der Waals surface area contributed by atoms with E-state index in [1.54, 1.807) is 0 Å². The summed E-state index contributed by atoms with van der Waals surface area (Å²) >= 11 is 0. The van der Waals surface area contributed by atoms with Crippen molar-refractivity contribution in [1.82, 2.24) is 0 Å². The Bertz CT molecular complexity index is 465. The van der Waals surface area contributed by atoms with Crippen LogP contribution >= 0.6 is 0 Å². The van der Waals surface area contributed by atoms with Gasteiger partial charge >= 0.3 is 5.97 Å². The monoisotopic (exact) mass is 332 g/mol. The zero-order valence-corrected chi connectivity index (χ0v) is 16.0. The second-order valence-electron chi connectivity index (χ2n) is 6.81. The largest absolute Gasteiger partial charge is 0.426 e. The van der Waals surface area contributed by atoms with Gasteiger partial charge in [-0.3, -0.25) is 4.79 Å². The number of carbonyl (C=O) groups is 1. The third-order valence-corrected chi connectivity index (χ3v) is 4.66. The van der Waals surface area contributed by atoms with Gasteiger partial charge in [-0.2, -0.15) is 0 Å². The molecular weight excluding hydrogens is 296 g/mol. The number of rotatable bonds is 13. The molecule has 0 bridgehead atoms. The minimum atomic E-state index is -0.148. The summed E-state index contributed by atoms with van der Waals surface area (Å²) in [7, 11) is 0. The lowest BCUT2D eigenvalue weighted by atomic mass is 10.00. The predicted molar refractivity (Wildman–Crippen MR) is 103 cm³/mol. The summed E-state index contributed by atoms with van der Waals surface area (Å²) in [4.78, 5) is 11.6.